The molecule has 1 amide bonds. The summed E-state index contributed by atoms with van der Waals surface area (Å²) in [6.07, 6.45) is 3.82. The number of fused-ring (bicyclic) bond motifs is 1. The van der Waals surface area contributed by atoms with E-state index in [1.807, 2.05) is 42.2 Å². The highest BCUT2D eigenvalue weighted by atomic mass is 32.1. The van der Waals surface area contributed by atoms with Gasteiger partial charge in [-0.05, 0) is 43.4 Å². The molecule has 0 radical (unpaired) electrons. The Bertz CT molecular complexity index is 724. The molecule has 2 aliphatic rings. The van der Waals surface area contributed by atoms with Crippen molar-refractivity contribution in [1.29, 1.82) is 0 Å². The number of thiocarbonyl (C=S) groups is 1. The van der Waals surface area contributed by atoms with Crippen LogP contribution in [0.3, 0.4) is 0 Å². The van der Waals surface area contributed by atoms with Crippen LogP contribution in [-0.4, -0.2) is 36.7 Å². The van der Waals surface area contributed by atoms with E-state index in [1.54, 1.807) is 14.2 Å². The number of anilines is 1. The van der Waals surface area contributed by atoms with Crippen LogP contribution in [0, 0.1) is 0 Å². The molecular formula is C16H16N2O3S. The van der Waals surface area contributed by atoms with E-state index in [4.69, 9.17) is 21.7 Å². The number of hydrogen-bond donors (Lipinski definition) is 0. The Hall–Kier alpha value is -2.34. The zero-order valence-corrected chi connectivity index (χ0v) is 13.4. The van der Waals surface area contributed by atoms with Gasteiger partial charge >= 0.3 is 0 Å². The molecule has 1 aromatic rings. The fourth-order valence-corrected chi connectivity index (χ4v) is 2.73. The summed E-state index contributed by atoms with van der Waals surface area (Å²) in [6, 6.07) is 5.84. The van der Waals surface area contributed by atoms with Gasteiger partial charge in [0.05, 0.1) is 12.8 Å². The highest BCUT2D eigenvalue weighted by Crippen LogP contribution is 2.35. The van der Waals surface area contributed by atoms with Crippen LogP contribution in [0.15, 0.2) is 35.7 Å². The smallest absolute Gasteiger partial charge is 0.299 e. The van der Waals surface area contributed by atoms with Gasteiger partial charge in [0, 0.05) is 24.8 Å². The van der Waals surface area contributed by atoms with E-state index >= 15 is 0 Å². The second-order valence-electron chi connectivity index (χ2n) is 4.95. The molecule has 22 heavy (non-hydrogen) atoms. The molecular weight excluding hydrogens is 300 g/mol. The average Bonchev–Trinajstić information content (AvgIpc) is 2.80. The SMILES string of the molecule is CCN1/C(=C2/OC(=S)N(C)C2=O)C=Cc2cc(OC)ccc21. The molecule has 0 atom stereocenters. The number of carbonyl (C=O) groups is 1. The molecule has 0 spiro atoms. The first-order chi connectivity index (χ1) is 10.6. The Balaban J connectivity index is 2.10. The highest BCUT2D eigenvalue weighted by Gasteiger charge is 2.35. The zero-order chi connectivity index (χ0) is 15.9. The van der Waals surface area contributed by atoms with Crippen molar-refractivity contribution in [3.05, 3.63) is 41.3 Å². The summed E-state index contributed by atoms with van der Waals surface area (Å²) in [6.45, 7) is 2.73. The third kappa shape index (κ3) is 2.16. The number of benzene rings is 1. The minimum absolute atomic E-state index is 0.178. The van der Waals surface area contributed by atoms with E-state index in [-0.39, 0.29) is 16.8 Å². The second-order valence-corrected chi connectivity index (χ2v) is 5.30. The van der Waals surface area contributed by atoms with Crippen molar-refractivity contribution in [2.45, 2.75) is 6.92 Å². The van der Waals surface area contributed by atoms with Crippen molar-refractivity contribution < 1.29 is 14.3 Å². The first kappa shape index (κ1) is 14.6. The lowest BCUT2D eigenvalue weighted by Crippen LogP contribution is -2.28. The summed E-state index contributed by atoms with van der Waals surface area (Å²) in [5.41, 5.74) is 2.76. The van der Waals surface area contributed by atoms with Crippen molar-refractivity contribution >= 4 is 35.1 Å². The van der Waals surface area contributed by atoms with E-state index in [0.29, 0.717) is 6.54 Å². The van der Waals surface area contributed by atoms with Gasteiger partial charge in [0.25, 0.3) is 11.1 Å². The standard InChI is InChI=1S/C16H16N2O3S/c1-4-18-12-8-6-11(20-3)9-10(12)5-7-13(18)14-15(19)17(2)16(22)21-14/h5-9H,4H2,1-3H3/b14-13+. The van der Waals surface area contributed by atoms with Crippen molar-refractivity contribution in [3.8, 4) is 5.75 Å². The van der Waals surface area contributed by atoms with Crippen molar-refractivity contribution in [2.75, 3.05) is 25.6 Å². The fourth-order valence-electron chi connectivity index (χ4n) is 2.56. The topological polar surface area (TPSA) is 42.0 Å². The Morgan fingerprint density at radius 1 is 1.32 bits per heavy atom. The maximum atomic E-state index is 12.3. The minimum atomic E-state index is -0.222. The van der Waals surface area contributed by atoms with Gasteiger partial charge in [-0.1, -0.05) is 6.08 Å². The van der Waals surface area contributed by atoms with Gasteiger partial charge in [0.15, 0.2) is 0 Å². The van der Waals surface area contributed by atoms with E-state index in [9.17, 15) is 4.79 Å². The molecule has 6 heteroatoms. The normalized spacial score (nSPS) is 20.3. The van der Waals surface area contributed by atoms with Gasteiger partial charge in [-0.15, -0.1) is 0 Å². The van der Waals surface area contributed by atoms with E-state index in [1.165, 1.54) is 4.90 Å². The van der Waals surface area contributed by atoms with Gasteiger partial charge in [0.1, 0.15) is 5.75 Å². The van der Waals surface area contributed by atoms with Crippen LogP contribution in [0.25, 0.3) is 6.08 Å². The molecule has 1 fully saturated rings. The van der Waals surface area contributed by atoms with Gasteiger partial charge < -0.3 is 14.4 Å². The maximum absolute atomic E-state index is 12.3. The summed E-state index contributed by atoms with van der Waals surface area (Å²) in [4.78, 5) is 15.6. The summed E-state index contributed by atoms with van der Waals surface area (Å²) >= 11 is 5.04. The molecule has 0 saturated carbocycles. The van der Waals surface area contributed by atoms with Crippen molar-refractivity contribution in [3.63, 3.8) is 0 Å². The minimum Gasteiger partial charge on any atom is -0.497 e. The Morgan fingerprint density at radius 3 is 2.68 bits per heavy atom. The van der Waals surface area contributed by atoms with E-state index in [2.05, 4.69) is 0 Å². The Labute approximate surface area is 134 Å². The van der Waals surface area contributed by atoms with Crippen LogP contribution in [0.2, 0.25) is 0 Å². The zero-order valence-electron chi connectivity index (χ0n) is 12.6. The second kappa shape index (κ2) is 5.46. The maximum Gasteiger partial charge on any atom is 0.299 e. The number of hydrogen-bond acceptors (Lipinski definition) is 5. The third-order valence-electron chi connectivity index (χ3n) is 3.75. The van der Waals surface area contributed by atoms with Crippen LogP contribution < -0.4 is 9.64 Å². The van der Waals surface area contributed by atoms with Crippen LogP contribution in [0.4, 0.5) is 5.69 Å². The molecule has 0 aromatic heterocycles. The van der Waals surface area contributed by atoms with Crippen molar-refractivity contribution in [2.24, 2.45) is 0 Å². The lowest BCUT2D eigenvalue weighted by atomic mass is 10.0. The largest absolute Gasteiger partial charge is 0.497 e. The van der Waals surface area contributed by atoms with Gasteiger partial charge in [-0.25, -0.2) is 0 Å². The molecule has 5 nitrogen and oxygen atoms in total. The fraction of sp³-hybridized carbons (Fsp3) is 0.250. The quantitative estimate of drug-likeness (QED) is 0.619. The lowest BCUT2D eigenvalue weighted by molar-refractivity contribution is -0.122. The number of amides is 1. The van der Waals surface area contributed by atoms with Crippen LogP contribution in [-0.2, 0) is 9.53 Å². The summed E-state index contributed by atoms with van der Waals surface area (Å²) in [5.74, 6) is 0.844. The van der Waals surface area contributed by atoms with Gasteiger partial charge in [0.2, 0.25) is 5.76 Å². The molecule has 1 saturated heterocycles. The summed E-state index contributed by atoms with van der Waals surface area (Å²) in [5, 5.41) is 0.178. The molecule has 0 bridgehead atoms. The molecule has 0 unspecified atom stereocenters. The molecule has 1 aromatic carbocycles. The van der Waals surface area contributed by atoms with Gasteiger partial charge in [-0.2, -0.15) is 0 Å². The molecule has 2 aliphatic heterocycles. The average molecular weight is 316 g/mol. The lowest BCUT2D eigenvalue weighted by Gasteiger charge is -2.29. The summed E-state index contributed by atoms with van der Waals surface area (Å²) < 4.78 is 10.7. The molecule has 0 N–H and O–H groups in total. The number of methoxy groups -OCH3 is 1. The predicted molar refractivity (Wildman–Crippen MR) is 88.5 cm³/mol. The number of likely N-dealkylation sites (N-methyl/N-ethyl adjacent to an activating group) is 2. The van der Waals surface area contributed by atoms with Crippen LogP contribution in [0.1, 0.15) is 12.5 Å². The Morgan fingerprint density at radius 2 is 2.09 bits per heavy atom. The highest BCUT2D eigenvalue weighted by molar-refractivity contribution is 7.80. The molecule has 3 rings (SSSR count). The molecule has 114 valence electrons. The van der Waals surface area contributed by atoms with E-state index < -0.39 is 0 Å². The first-order valence-electron chi connectivity index (χ1n) is 6.94. The summed E-state index contributed by atoms with van der Waals surface area (Å²) in [7, 11) is 3.25. The number of ether oxygens (including phenoxy) is 2. The third-order valence-corrected chi connectivity index (χ3v) is 4.11. The van der Waals surface area contributed by atoms with Crippen molar-refractivity contribution in [1.82, 2.24) is 4.90 Å². The molecule has 0 aliphatic carbocycles. The number of rotatable bonds is 2. The first-order valence-corrected chi connectivity index (χ1v) is 7.35. The predicted octanol–water partition coefficient (Wildman–Crippen LogP) is 2.53. The van der Waals surface area contributed by atoms with Crippen LogP contribution >= 0.6 is 12.2 Å². The van der Waals surface area contributed by atoms with E-state index in [0.717, 1.165) is 22.7 Å². The Kier molecular flexibility index (Phi) is 3.62. The number of nitrogens with zero attached hydrogens (tertiary/aromatic N) is 2. The molecule has 2 heterocycles. The monoisotopic (exact) mass is 316 g/mol. The van der Waals surface area contributed by atoms with Crippen LogP contribution in [0.5, 0.6) is 5.75 Å². The number of carbonyl (C=O) groups excluding carboxylic acids is 1. The number of allylic oxidation sites excluding steroid dienone is 1. The van der Waals surface area contributed by atoms with Gasteiger partial charge in [-0.3, -0.25) is 9.69 Å².